The summed E-state index contributed by atoms with van der Waals surface area (Å²) in [5, 5.41) is 0. The van der Waals surface area contributed by atoms with Crippen molar-refractivity contribution in [3.63, 3.8) is 0 Å². The van der Waals surface area contributed by atoms with Gasteiger partial charge in [0.05, 0.1) is 13.2 Å². The van der Waals surface area contributed by atoms with Gasteiger partial charge in [0.1, 0.15) is 23.5 Å². The van der Waals surface area contributed by atoms with E-state index in [4.69, 9.17) is 18.9 Å². The molecular weight excluding hydrogens is 536 g/mol. The average molecular weight is 581 g/mol. The minimum atomic E-state index is -0.972. The Labute approximate surface area is 249 Å². The second-order valence-electron chi connectivity index (χ2n) is 11.5. The maximum Gasteiger partial charge on any atom is 0.320 e. The van der Waals surface area contributed by atoms with Crippen molar-refractivity contribution in [1.29, 1.82) is 0 Å². The fraction of sp³-hybridized carbons (Fsp3) is 0.545. The molecule has 0 radical (unpaired) electrons. The van der Waals surface area contributed by atoms with Gasteiger partial charge < -0.3 is 28.7 Å². The molecule has 3 aliphatic rings. The van der Waals surface area contributed by atoms with E-state index < -0.39 is 23.1 Å². The summed E-state index contributed by atoms with van der Waals surface area (Å²) in [5.74, 6) is -2.11. The van der Waals surface area contributed by atoms with Crippen LogP contribution in [0.1, 0.15) is 56.9 Å². The number of benzene rings is 2. The van der Waals surface area contributed by atoms with Crippen LogP contribution in [0.5, 0.6) is 0 Å². The summed E-state index contributed by atoms with van der Waals surface area (Å²) in [4.78, 5) is 40.2. The van der Waals surface area contributed by atoms with Gasteiger partial charge in [0.15, 0.2) is 11.6 Å². The van der Waals surface area contributed by atoms with E-state index in [2.05, 4.69) is 29.2 Å². The number of hydrogen-bond acceptors (Lipinski definition) is 9. The topological polar surface area (TPSA) is 94.6 Å². The lowest BCUT2D eigenvalue weighted by atomic mass is 9.81. The number of piperidine rings is 2. The number of ketones is 1. The Kier molecular flexibility index (Phi) is 10.5. The first-order chi connectivity index (χ1) is 20.1. The van der Waals surface area contributed by atoms with Crippen molar-refractivity contribution in [1.82, 2.24) is 9.80 Å². The molecule has 42 heavy (non-hydrogen) atoms. The minimum Gasteiger partial charge on any atom is -0.466 e. The van der Waals surface area contributed by atoms with Crippen molar-refractivity contribution in [3.05, 3.63) is 71.8 Å². The second kappa shape index (κ2) is 13.9. The summed E-state index contributed by atoms with van der Waals surface area (Å²) in [6, 6.07) is 20.2. The maximum absolute atomic E-state index is 12.8. The van der Waals surface area contributed by atoms with Crippen LogP contribution < -0.4 is 0 Å². The fourth-order valence-corrected chi connectivity index (χ4v) is 5.94. The van der Waals surface area contributed by atoms with Gasteiger partial charge in [-0.1, -0.05) is 60.7 Å². The molecule has 0 amide bonds. The third-order valence-electron chi connectivity index (χ3n) is 8.27. The van der Waals surface area contributed by atoms with Gasteiger partial charge in [-0.15, -0.1) is 0 Å². The Balaban J connectivity index is 0.000000244. The predicted molar refractivity (Wildman–Crippen MR) is 157 cm³/mol. The summed E-state index contributed by atoms with van der Waals surface area (Å²) in [6.45, 7) is 8.47. The van der Waals surface area contributed by atoms with Gasteiger partial charge in [0.2, 0.25) is 0 Å². The van der Waals surface area contributed by atoms with Crippen LogP contribution >= 0.6 is 0 Å². The van der Waals surface area contributed by atoms with Gasteiger partial charge in [-0.3, -0.25) is 14.4 Å². The third-order valence-corrected chi connectivity index (χ3v) is 8.27. The monoisotopic (exact) mass is 580 g/mol. The quantitative estimate of drug-likeness (QED) is 0.368. The first-order valence-corrected chi connectivity index (χ1v) is 14.8. The normalized spacial score (nSPS) is 29.9. The van der Waals surface area contributed by atoms with Crippen LogP contribution in [0.4, 0.5) is 0 Å². The standard InChI is InChI=1S/C23H27NO4.C10H17NO3/c1-3-26-22(25)19-16-24(2)15-14-23(19)27-20(17-10-6-4-7-11-17)21(28-23)18-12-8-5-9-13-18;1-4-14-9(13)10(2)7-11(3)6-5-8(10)12/h4-13,19-21H,3,14-16H2,1-2H3;4-7H2,1-3H3. The van der Waals surface area contributed by atoms with Crippen LogP contribution in [0.15, 0.2) is 60.7 Å². The molecule has 0 aromatic heterocycles. The average Bonchev–Trinajstić information content (AvgIpc) is 3.38. The van der Waals surface area contributed by atoms with Gasteiger partial charge >= 0.3 is 11.9 Å². The van der Waals surface area contributed by atoms with Crippen LogP contribution in [-0.4, -0.2) is 86.8 Å². The number of carbonyl (C=O) groups is 3. The van der Waals surface area contributed by atoms with E-state index in [1.165, 1.54) is 0 Å². The lowest BCUT2D eigenvalue weighted by Crippen LogP contribution is -2.55. The summed E-state index contributed by atoms with van der Waals surface area (Å²) in [6.07, 6.45) is 0.513. The summed E-state index contributed by atoms with van der Waals surface area (Å²) in [7, 11) is 3.92. The molecule has 1 spiro atoms. The Morgan fingerprint density at radius 2 is 1.40 bits per heavy atom. The number of Topliss-reactive ketones (excluding diaryl/α,β-unsaturated/α-hetero) is 1. The highest BCUT2D eigenvalue weighted by atomic mass is 16.8. The molecule has 3 aliphatic heterocycles. The number of ether oxygens (including phenoxy) is 4. The number of esters is 2. The van der Waals surface area contributed by atoms with Crippen molar-refractivity contribution in [3.8, 4) is 0 Å². The van der Waals surface area contributed by atoms with Gasteiger partial charge in [0.25, 0.3) is 0 Å². The molecule has 228 valence electrons. The molecule has 4 unspecified atom stereocenters. The Morgan fingerprint density at radius 1 is 0.857 bits per heavy atom. The molecule has 0 saturated carbocycles. The van der Waals surface area contributed by atoms with E-state index in [1.54, 1.807) is 13.8 Å². The highest BCUT2D eigenvalue weighted by Crippen LogP contribution is 2.52. The van der Waals surface area contributed by atoms with E-state index >= 15 is 0 Å². The molecular formula is C33H44N2O7. The zero-order valence-electron chi connectivity index (χ0n) is 25.4. The molecule has 2 aromatic carbocycles. The molecule has 3 fully saturated rings. The maximum atomic E-state index is 12.8. The van der Waals surface area contributed by atoms with Crippen molar-refractivity contribution in [2.45, 2.75) is 51.6 Å². The first kappa shape index (κ1) is 31.8. The lowest BCUT2D eigenvalue weighted by Gasteiger charge is -2.41. The number of hydrogen-bond donors (Lipinski definition) is 0. The van der Waals surface area contributed by atoms with Crippen LogP contribution in [0, 0.1) is 11.3 Å². The molecule has 2 aromatic rings. The van der Waals surface area contributed by atoms with Gasteiger partial charge in [0, 0.05) is 39.0 Å². The van der Waals surface area contributed by atoms with E-state index in [9.17, 15) is 14.4 Å². The molecule has 3 heterocycles. The van der Waals surface area contributed by atoms with E-state index in [1.807, 2.05) is 62.3 Å². The summed E-state index contributed by atoms with van der Waals surface area (Å²) in [5.41, 5.74) is 1.15. The smallest absolute Gasteiger partial charge is 0.320 e. The van der Waals surface area contributed by atoms with Crippen molar-refractivity contribution in [2.24, 2.45) is 11.3 Å². The minimum absolute atomic E-state index is 0.00551. The lowest BCUT2D eigenvalue weighted by molar-refractivity contribution is -0.240. The Bertz CT molecular complexity index is 1160. The van der Waals surface area contributed by atoms with Crippen LogP contribution in [-0.2, 0) is 33.3 Å². The van der Waals surface area contributed by atoms with Crippen LogP contribution in [0.25, 0.3) is 0 Å². The van der Waals surface area contributed by atoms with Crippen molar-refractivity contribution < 1.29 is 33.3 Å². The highest BCUT2D eigenvalue weighted by molar-refractivity contribution is 6.04. The number of likely N-dealkylation sites (tertiary alicyclic amines) is 2. The molecule has 0 aliphatic carbocycles. The molecule has 9 nitrogen and oxygen atoms in total. The molecule has 0 bridgehead atoms. The molecule has 0 N–H and O–H groups in total. The first-order valence-electron chi connectivity index (χ1n) is 14.8. The van der Waals surface area contributed by atoms with Crippen molar-refractivity contribution in [2.75, 3.05) is 53.5 Å². The summed E-state index contributed by atoms with van der Waals surface area (Å²) >= 11 is 0. The van der Waals surface area contributed by atoms with Crippen molar-refractivity contribution >= 4 is 17.7 Å². The second-order valence-corrected chi connectivity index (χ2v) is 11.5. The fourth-order valence-electron chi connectivity index (χ4n) is 5.94. The van der Waals surface area contributed by atoms with E-state index in [0.29, 0.717) is 39.1 Å². The van der Waals surface area contributed by atoms with E-state index in [0.717, 1.165) is 24.2 Å². The van der Waals surface area contributed by atoms with Crippen LogP contribution in [0.2, 0.25) is 0 Å². The number of rotatable bonds is 6. The molecule has 4 atom stereocenters. The molecule has 5 rings (SSSR count). The Morgan fingerprint density at radius 3 is 1.93 bits per heavy atom. The van der Waals surface area contributed by atoms with E-state index in [-0.39, 0.29) is 24.0 Å². The highest BCUT2D eigenvalue weighted by Gasteiger charge is 2.57. The van der Waals surface area contributed by atoms with Gasteiger partial charge in [-0.25, -0.2) is 0 Å². The zero-order valence-corrected chi connectivity index (χ0v) is 25.4. The Hall–Kier alpha value is -3.11. The molecule has 9 heteroatoms. The van der Waals surface area contributed by atoms with Gasteiger partial charge in [-0.05, 0) is 46.0 Å². The third kappa shape index (κ3) is 6.92. The summed E-state index contributed by atoms with van der Waals surface area (Å²) < 4.78 is 23.5. The molecule has 3 saturated heterocycles. The number of nitrogens with zero attached hydrogens (tertiary/aromatic N) is 2. The number of carbonyl (C=O) groups excluding carboxylic acids is 3. The van der Waals surface area contributed by atoms with Crippen LogP contribution in [0.3, 0.4) is 0 Å². The zero-order chi connectivity index (χ0) is 30.3. The SMILES string of the molecule is CCOC(=O)C1(C)CN(C)CCC1=O.CCOC(=O)C1CN(C)CCC12OC(c1ccccc1)C(c1ccccc1)O2. The van der Waals surface area contributed by atoms with Gasteiger partial charge in [-0.2, -0.15) is 0 Å². The predicted octanol–water partition coefficient (Wildman–Crippen LogP) is 4.19. The largest absolute Gasteiger partial charge is 0.466 e.